The van der Waals surface area contributed by atoms with Gasteiger partial charge in [0.25, 0.3) is 0 Å². The number of hydrogen-bond acceptors (Lipinski definition) is 3. The van der Waals surface area contributed by atoms with Gasteiger partial charge in [-0.15, -0.1) is 11.3 Å². The van der Waals surface area contributed by atoms with Crippen molar-refractivity contribution in [3.63, 3.8) is 0 Å². The van der Waals surface area contributed by atoms with Gasteiger partial charge in [0.15, 0.2) is 0 Å². The molecule has 0 amide bonds. The maximum absolute atomic E-state index is 13.9. The van der Waals surface area contributed by atoms with Gasteiger partial charge in [0.2, 0.25) is 0 Å². The fraction of sp³-hybridized carbons (Fsp3) is 0.154. The van der Waals surface area contributed by atoms with Crippen LogP contribution in [0.1, 0.15) is 22.2 Å². The lowest BCUT2D eigenvalue weighted by Crippen LogP contribution is -1.99. The second-order valence-corrected chi connectivity index (χ2v) is 5.34. The monoisotopic (exact) mass is 299 g/mol. The summed E-state index contributed by atoms with van der Waals surface area (Å²) < 4.78 is 13.9. The second kappa shape index (κ2) is 5.19. The van der Waals surface area contributed by atoms with Gasteiger partial charge < -0.3 is 10.8 Å². The molecule has 0 unspecified atom stereocenters. The van der Waals surface area contributed by atoms with Crippen molar-refractivity contribution < 1.29 is 14.3 Å². The number of carboxylic acids is 1. The number of aromatic carboxylic acids is 1. The molecule has 100 valence electrons. The van der Waals surface area contributed by atoms with Crippen LogP contribution in [-0.4, -0.2) is 11.1 Å². The molecule has 1 heterocycles. The Morgan fingerprint density at radius 3 is 2.74 bits per heavy atom. The zero-order valence-electron chi connectivity index (χ0n) is 10.0. The van der Waals surface area contributed by atoms with Crippen molar-refractivity contribution in [2.24, 2.45) is 0 Å². The second-order valence-electron chi connectivity index (χ2n) is 3.91. The topological polar surface area (TPSA) is 63.3 Å². The van der Waals surface area contributed by atoms with Crippen molar-refractivity contribution in [1.29, 1.82) is 0 Å². The summed E-state index contributed by atoms with van der Waals surface area (Å²) in [6.07, 6.45) is 0.510. The summed E-state index contributed by atoms with van der Waals surface area (Å²) in [6, 6.07) is 4.36. The first kappa shape index (κ1) is 13.8. The SMILES string of the molecule is CCc1c(-c2c(F)cccc2Cl)sc(C(=O)O)c1N. The minimum absolute atomic E-state index is 0.0196. The average molecular weight is 300 g/mol. The van der Waals surface area contributed by atoms with Gasteiger partial charge in [-0.05, 0) is 24.1 Å². The number of anilines is 1. The number of halogens is 2. The van der Waals surface area contributed by atoms with Crippen molar-refractivity contribution in [2.45, 2.75) is 13.3 Å². The van der Waals surface area contributed by atoms with Crippen molar-refractivity contribution in [1.82, 2.24) is 0 Å². The standard InChI is InChI=1S/C13H11ClFNO2S/c1-2-6-10(16)12(13(17)18)19-11(6)9-7(14)4-3-5-8(9)15/h3-5H,2,16H2,1H3,(H,17,18). The lowest BCUT2D eigenvalue weighted by molar-refractivity contribution is 0.0703. The predicted octanol–water partition coefficient (Wildman–Crippen LogP) is 4.05. The molecule has 19 heavy (non-hydrogen) atoms. The van der Waals surface area contributed by atoms with Crippen molar-refractivity contribution in [2.75, 3.05) is 5.73 Å². The summed E-state index contributed by atoms with van der Waals surface area (Å²) >= 11 is 6.96. The highest BCUT2D eigenvalue weighted by Gasteiger charge is 2.23. The van der Waals surface area contributed by atoms with Crippen molar-refractivity contribution in [3.8, 4) is 10.4 Å². The van der Waals surface area contributed by atoms with Gasteiger partial charge in [-0.1, -0.05) is 24.6 Å². The van der Waals surface area contributed by atoms with Crippen LogP contribution >= 0.6 is 22.9 Å². The summed E-state index contributed by atoms with van der Waals surface area (Å²) in [4.78, 5) is 11.6. The summed E-state index contributed by atoms with van der Waals surface area (Å²) in [5.41, 5.74) is 6.84. The third-order valence-electron chi connectivity index (χ3n) is 2.79. The van der Waals surface area contributed by atoms with E-state index in [1.165, 1.54) is 12.1 Å². The molecule has 0 bridgehead atoms. The maximum Gasteiger partial charge on any atom is 0.348 e. The minimum atomic E-state index is -1.11. The molecule has 1 aromatic carbocycles. The van der Waals surface area contributed by atoms with Gasteiger partial charge in [0, 0.05) is 10.4 Å². The van der Waals surface area contributed by atoms with E-state index >= 15 is 0 Å². The average Bonchev–Trinajstić information content (AvgIpc) is 2.66. The number of thiophene rings is 1. The molecule has 0 fully saturated rings. The number of nitrogen functional groups attached to an aromatic ring is 1. The Morgan fingerprint density at radius 2 is 2.21 bits per heavy atom. The summed E-state index contributed by atoms with van der Waals surface area (Å²) in [6.45, 7) is 1.84. The predicted molar refractivity (Wildman–Crippen MR) is 75.5 cm³/mol. The van der Waals surface area contributed by atoms with E-state index in [1.54, 1.807) is 6.07 Å². The quantitative estimate of drug-likeness (QED) is 0.898. The number of carboxylic acid groups (broad SMARTS) is 1. The lowest BCUT2D eigenvalue weighted by Gasteiger charge is -2.06. The summed E-state index contributed by atoms with van der Waals surface area (Å²) in [5, 5.41) is 9.33. The third kappa shape index (κ3) is 2.31. The van der Waals surface area contributed by atoms with Crippen molar-refractivity contribution >= 4 is 34.6 Å². The fourth-order valence-corrected chi connectivity index (χ4v) is 3.43. The first-order valence-electron chi connectivity index (χ1n) is 5.56. The fourth-order valence-electron chi connectivity index (χ4n) is 1.90. The van der Waals surface area contributed by atoms with E-state index in [9.17, 15) is 9.18 Å². The van der Waals surface area contributed by atoms with Gasteiger partial charge in [-0.3, -0.25) is 0 Å². The molecule has 0 radical (unpaired) electrons. The molecule has 0 aliphatic rings. The molecule has 0 saturated heterocycles. The van der Waals surface area contributed by atoms with E-state index in [0.29, 0.717) is 16.9 Å². The van der Waals surface area contributed by atoms with Crippen LogP contribution in [0.2, 0.25) is 5.02 Å². The van der Waals surface area contributed by atoms with Crippen LogP contribution in [0.3, 0.4) is 0 Å². The normalized spacial score (nSPS) is 10.7. The molecule has 1 aromatic heterocycles. The number of carbonyl (C=O) groups is 1. The Kier molecular flexibility index (Phi) is 3.78. The van der Waals surface area contributed by atoms with Gasteiger partial charge in [0.05, 0.1) is 10.7 Å². The van der Waals surface area contributed by atoms with Gasteiger partial charge >= 0.3 is 5.97 Å². The Morgan fingerprint density at radius 1 is 1.53 bits per heavy atom. The molecular formula is C13H11ClFNO2S. The molecule has 2 aromatic rings. The van der Waals surface area contributed by atoms with E-state index in [-0.39, 0.29) is 21.2 Å². The summed E-state index contributed by atoms with van der Waals surface area (Å²) in [7, 11) is 0. The zero-order valence-corrected chi connectivity index (χ0v) is 11.6. The smallest absolute Gasteiger partial charge is 0.348 e. The lowest BCUT2D eigenvalue weighted by atomic mass is 10.1. The molecule has 0 aliphatic carbocycles. The number of rotatable bonds is 3. The summed E-state index contributed by atoms with van der Waals surface area (Å²) in [5.74, 6) is -1.60. The van der Waals surface area contributed by atoms with E-state index in [4.69, 9.17) is 22.4 Å². The Hall–Kier alpha value is -1.59. The van der Waals surface area contributed by atoms with Crippen LogP contribution in [0.15, 0.2) is 18.2 Å². The van der Waals surface area contributed by atoms with E-state index < -0.39 is 11.8 Å². The molecular weight excluding hydrogens is 289 g/mol. The van der Waals surface area contributed by atoms with E-state index in [2.05, 4.69) is 0 Å². The number of hydrogen-bond donors (Lipinski definition) is 2. The molecule has 2 rings (SSSR count). The van der Waals surface area contributed by atoms with Crippen LogP contribution in [0.4, 0.5) is 10.1 Å². The number of benzene rings is 1. The van der Waals surface area contributed by atoms with Crippen LogP contribution in [0, 0.1) is 5.82 Å². The van der Waals surface area contributed by atoms with Gasteiger partial charge in [-0.2, -0.15) is 0 Å². The zero-order chi connectivity index (χ0) is 14.2. The molecule has 3 N–H and O–H groups in total. The molecule has 0 aliphatic heterocycles. The Labute approximate surface area is 118 Å². The third-order valence-corrected chi connectivity index (χ3v) is 4.35. The van der Waals surface area contributed by atoms with Gasteiger partial charge in [0.1, 0.15) is 10.7 Å². The molecule has 0 saturated carbocycles. The number of nitrogens with two attached hydrogens (primary N) is 1. The minimum Gasteiger partial charge on any atom is -0.477 e. The Balaban J connectivity index is 2.76. The van der Waals surface area contributed by atoms with Crippen molar-refractivity contribution in [3.05, 3.63) is 39.5 Å². The van der Waals surface area contributed by atoms with Crippen LogP contribution in [0.25, 0.3) is 10.4 Å². The highest BCUT2D eigenvalue weighted by atomic mass is 35.5. The molecule has 6 heteroatoms. The van der Waals surface area contributed by atoms with Crippen LogP contribution in [-0.2, 0) is 6.42 Å². The highest BCUT2D eigenvalue weighted by Crippen LogP contribution is 2.42. The van der Waals surface area contributed by atoms with Crippen LogP contribution < -0.4 is 5.73 Å². The largest absolute Gasteiger partial charge is 0.477 e. The molecule has 3 nitrogen and oxygen atoms in total. The first-order chi connectivity index (χ1) is 8.97. The molecule has 0 spiro atoms. The van der Waals surface area contributed by atoms with E-state index in [0.717, 1.165) is 11.3 Å². The van der Waals surface area contributed by atoms with Gasteiger partial charge in [-0.25, -0.2) is 9.18 Å². The maximum atomic E-state index is 13.9. The van der Waals surface area contributed by atoms with E-state index in [1.807, 2.05) is 6.92 Å². The Bertz CT molecular complexity index is 634. The highest BCUT2D eigenvalue weighted by molar-refractivity contribution is 7.18. The molecule has 0 atom stereocenters. The first-order valence-corrected chi connectivity index (χ1v) is 6.75. The van der Waals surface area contributed by atoms with Crippen LogP contribution in [0.5, 0.6) is 0 Å².